The van der Waals surface area contributed by atoms with Gasteiger partial charge in [-0.1, -0.05) is 18.2 Å². The predicted molar refractivity (Wildman–Crippen MR) is 50.8 cm³/mol. The van der Waals surface area contributed by atoms with Gasteiger partial charge in [-0.3, -0.25) is 9.78 Å². The van der Waals surface area contributed by atoms with Crippen LogP contribution in [0.15, 0.2) is 24.3 Å². The number of benzene rings is 1. The zero-order valence-electron chi connectivity index (χ0n) is 7.44. The lowest BCUT2D eigenvalue weighted by atomic mass is 10.2. The van der Waals surface area contributed by atoms with Gasteiger partial charge < -0.3 is 0 Å². The zero-order chi connectivity index (χ0) is 8.97. The molecule has 0 amide bonds. The summed E-state index contributed by atoms with van der Waals surface area (Å²) in [6, 6.07) is 7.30. The molecule has 0 spiro atoms. The highest BCUT2D eigenvalue weighted by Crippen LogP contribution is 2.15. The predicted octanol–water partition coefficient (Wildman–Crippen LogP) is 2.27. The average Bonchev–Trinajstić information content (AvgIpc) is 2.03. The molecule has 0 atom stereocenters. The van der Waals surface area contributed by atoms with Gasteiger partial charge in [0, 0.05) is 6.92 Å². The van der Waals surface area contributed by atoms with E-state index in [9.17, 15) is 4.79 Å². The second-order valence-corrected chi connectivity index (χ2v) is 2.42. The minimum Gasteiger partial charge on any atom is -0.287 e. The normalized spacial score (nSPS) is 8.46. The molecule has 1 rings (SSSR count). The van der Waals surface area contributed by atoms with Gasteiger partial charge in [-0.25, -0.2) is 4.79 Å². The quantitative estimate of drug-likeness (QED) is 0.545. The summed E-state index contributed by atoms with van der Waals surface area (Å²) in [5.74, 6) is 0.103. The van der Waals surface area contributed by atoms with Crippen molar-refractivity contribution in [3.63, 3.8) is 0 Å². The molecule has 0 N–H and O–H groups in total. The van der Waals surface area contributed by atoms with Crippen LogP contribution in [-0.2, 0) is 9.68 Å². The minimum atomic E-state index is -0.460. The van der Waals surface area contributed by atoms with Crippen molar-refractivity contribution in [1.29, 1.82) is 0 Å². The first kappa shape index (κ1) is 11.8. The van der Waals surface area contributed by atoms with E-state index in [1.807, 2.05) is 25.1 Å². The largest absolute Gasteiger partial charge is 0.352 e. The molecule has 0 bridgehead atoms. The van der Waals surface area contributed by atoms with Crippen LogP contribution in [0.25, 0.3) is 0 Å². The van der Waals surface area contributed by atoms with Crippen LogP contribution in [0.4, 0.5) is 0 Å². The van der Waals surface area contributed by atoms with E-state index in [1.165, 1.54) is 6.92 Å². The smallest absolute Gasteiger partial charge is 0.287 e. The van der Waals surface area contributed by atoms with Gasteiger partial charge in [-0.05, 0) is 18.6 Å². The third-order valence-corrected chi connectivity index (χ3v) is 1.34. The van der Waals surface area contributed by atoms with E-state index in [1.54, 1.807) is 6.07 Å². The fourth-order valence-corrected chi connectivity index (χ4v) is 0.753. The fraction of sp³-hybridized carbons (Fsp3) is 0.222. The molecule has 3 nitrogen and oxygen atoms in total. The van der Waals surface area contributed by atoms with E-state index in [2.05, 4.69) is 4.89 Å². The molecule has 0 heterocycles. The van der Waals surface area contributed by atoms with Crippen LogP contribution in [-0.4, -0.2) is 5.97 Å². The number of hydrogen-bond acceptors (Lipinski definition) is 3. The summed E-state index contributed by atoms with van der Waals surface area (Å²) in [5.41, 5.74) is 0.929. The highest BCUT2D eigenvalue weighted by molar-refractivity contribution is 5.85. The Kier molecular flexibility index (Phi) is 4.92. The van der Waals surface area contributed by atoms with E-state index in [-0.39, 0.29) is 12.4 Å². The number of para-hydroxylation sites is 1. The second-order valence-electron chi connectivity index (χ2n) is 2.42. The third-order valence-electron chi connectivity index (χ3n) is 1.34. The summed E-state index contributed by atoms with van der Waals surface area (Å²) >= 11 is 0. The maximum atomic E-state index is 10.4. The third kappa shape index (κ3) is 3.80. The van der Waals surface area contributed by atoms with E-state index in [4.69, 9.17) is 4.89 Å². The van der Waals surface area contributed by atoms with Crippen LogP contribution in [0.5, 0.6) is 5.75 Å². The first-order valence-corrected chi connectivity index (χ1v) is 3.61. The van der Waals surface area contributed by atoms with Crippen molar-refractivity contribution < 1.29 is 14.6 Å². The minimum absolute atomic E-state index is 0. The van der Waals surface area contributed by atoms with Crippen molar-refractivity contribution in [1.82, 2.24) is 0 Å². The van der Waals surface area contributed by atoms with Crippen molar-refractivity contribution in [2.24, 2.45) is 0 Å². The maximum Gasteiger partial charge on any atom is 0.352 e. The molecular formula is C9H11ClO3. The summed E-state index contributed by atoms with van der Waals surface area (Å²) in [7, 11) is 0. The summed E-state index contributed by atoms with van der Waals surface area (Å²) in [5, 5.41) is 0. The topological polar surface area (TPSA) is 35.5 Å². The summed E-state index contributed by atoms with van der Waals surface area (Å²) < 4.78 is 0. The van der Waals surface area contributed by atoms with Gasteiger partial charge in [0.05, 0.1) is 0 Å². The molecular weight excluding hydrogens is 192 g/mol. The van der Waals surface area contributed by atoms with Crippen molar-refractivity contribution in [3.8, 4) is 5.75 Å². The number of carbonyl (C=O) groups excluding carboxylic acids is 1. The molecule has 4 heteroatoms. The van der Waals surface area contributed by atoms with Gasteiger partial charge in [-0.15, -0.1) is 12.4 Å². The summed E-state index contributed by atoms with van der Waals surface area (Å²) in [6.07, 6.45) is 0. The van der Waals surface area contributed by atoms with Crippen molar-refractivity contribution in [2.45, 2.75) is 13.8 Å². The molecule has 72 valence electrons. The Morgan fingerprint density at radius 3 is 2.46 bits per heavy atom. The van der Waals surface area contributed by atoms with Crippen molar-refractivity contribution >= 4 is 18.4 Å². The first-order chi connectivity index (χ1) is 5.70. The van der Waals surface area contributed by atoms with Crippen LogP contribution in [0, 0.1) is 6.92 Å². The number of carbonyl (C=O) groups is 1. The Hall–Kier alpha value is -1.22. The van der Waals surface area contributed by atoms with Gasteiger partial charge in [0.1, 0.15) is 0 Å². The van der Waals surface area contributed by atoms with Crippen LogP contribution >= 0.6 is 12.4 Å². The van der Waals surface area contributed by atoms with Gasteiger partial charge in [0.25, 0.3) is 0 Å². The molecule has 0 aliphatic rings. The first-order valence-electron chi connectivity index (χ1n) is 3.61. The highest BCUT2D eigenvalue weighted by atomic mass is 35.5. The van der Waals surface area contributed by atoms with Crippen LogP contribution < -0.4 is 4.89 Å². The van der Waals surface area contributed by atoms with E-state index in [0.717, 1.165) is 5.56 Å². The Labute approximate surface area is 83.0 Å². The maximum absolute atomic E-state index is 10.4. The van der Waals surface area contributed by atoms with Crippen LogP contribution in [0.2, 0.25) is 0 Å². The summed E-state index contributed by atoms with van der Waals surface area (Å²) in [6.45, 7) is 3.16. The van der Waals surface area contributed by atoms with Gasteiger partial charge >= 0.3 is 5.97 Å². The molecule has 0 aliphatic heterocycles. The highest BCUT2D eigenvalue weighted by Gasteiger charge is 2.00. The molecule has 13 heavy (non-hydrogen) atoms. The molecule has 0 unspecified atom stereocenters. The molecule has 0 radical (unpaired) electrons. The standard InChI is InChI=1S/C9H10O3.ClH/c1-7-5-3-4-6-9(7)12-11-8(2)10;/h3-6H,1-2H3;1H. The number of aryl methyl sites for hydroxylation is 1. The Balaban J connectivity index is 0.00000144. The molecule has 0 saturated heterocycles. The van der Waals surface area contributed by atoms with Crippen LogP contribution in [0.1, 0.15) is 12.5 Å². The van der Waals surface area contributed by atoms with Gasteiger partial charge in [-0.2, -0.15) is 0 Å². The SMILES string of the molecule is CC(=O)OOc1ccccc1C.Cl. The van der Waals surface area contributed by atoms with Crippen molar-refractivity contribution in [3.05, 3.63) is 29.8 Å². The molecule has 0 fully saturated rings. The lowest BCUT2D eigenvalue weighted by molar-refractivity contribution is -0.211. The molecule has 1 aromatic carbocycles. The fourth-order valence-electron chi connectivity index (χ4n) is 0.753. The number of hydrogen-bond donors (Lipinski definition) is 0. The lowest BCUT2D eigenvalue weighted by Gasteiger charge is -2.03. The van der Waals surface area contributed by atoms with E-state index >= 15 is 0 Å². The monoisotopic (exact) mass is 202 g/mol. The number of halogens is 1. The molecule has 0 aromatic heterocycles. The van der Waals surface area contributed by atoms with E-state index < -0.39 is 5.97 Å². The van der Waals surface area contributed by atoms with Gasteiger partial charge in [0.2, 0.25) is 0 Å². The zero-order valence-corrected chi connectivity index (χ0v) is 8.26. The lowest BCUT2D eigenvalue weighted by Crippen LogP contribution is -2.03. The Morgan fingerprint density at radius 1 is 1.31 bits per heavy atom. The van der Waals surface area contributed by atoms with E-state index in [0.29, 0.717) is 5.75 Å². The Morgan fingerprint density at radius 2 is 1.92 bits per heavy atom. The second kappa shape index (κ2) is 5.43. The Bertz CT molecular complexity index is 286. The average molecular weight is 203 g/mol. The van der Waals surface area contributed by atoms with Crippen LogP contribution in [0.3, 0.4) is 0 Å². The van der Waals surface area contributed by atoms with Gasteiger partial charge in [0.15, 0.2) is 5.75 Å². The summed E-state index contributed by atoms with van der Waals surface area (Å²) in [4.78, 5) is 19.5. The molecule has 0 aliphatic carbocycles. The number of rotatable bonds is 2. The van der Waals surface area contributed by atoms with Crippen molar-refractivity contribution in [2.75, 3.05) is 0 Å². The molecule has 0 saturated carbocycles. The molecule has 1 aromatic rings.